The number of barbiturate groups is 1. The number of aromatic nitrogens is 2. The number of aliphatic hydroxyl groups excluding tert-OH is 1. The summed E-state index contributed by atoms with van der Waals surface area (Å²) in [6, 6.07) is 3.05. The van der Waals surface area contributed by atoms with E-state index in [0.29, 0.717) is 14.9 Å². The Bertz CT molecular complexity index is 1000. The number of hydrogen-bond acceptors (Lipinski definition) is 5. The number of imide groups is 2. The molecule has 0 unspecified atom stereocenters. The summed E-state index contributed by atoms with van der Waals surface area (Å²) >= 11 is 3.15. The van der Waals surface area contributed by atoms with Crippen molar-refractivity contribution in [1.29, 1.82) is 0 Å². The fourth-order valence-corrected chi connectivity index (χ4v) is 3.86. The second-order valence-corrected chi connectivity index (χ2v) is 7.54. The van der Waals surface area contributed by atoms with Crippen LogP contribution in [0.25, 0.3) is 0 Å². The summed E-state index contributed by atoms with van der Waals surface area (Å²) in [5.41, 5.74) is 0.710. The molecule has 1 fully saturated rings. The molecule has 29 heavy (non-hydrogen) atoms. The molecular formula is C18H18BrFN4O5. The van der Waals surface area contributed by atoms with Gasteiger partial charge in [-0.3, -0.25) is 20.2 Å². The van der Waals surface area contributed by atoms with Crippen molar-refractivity contribution < 1.29 is 28.6 Å². The molecule has 1 aliphatic heterocycles. The maximum Gasteiger partial charge on any atom is 0.328 e. The number of nitrogens with zero attached hydrogens (tertiary/aromatic N) is 2. The molecule has 2 aromatic rings. The van der Waals surface area contributed by atoms with Gasteiger partial charge in [-0.25, -0.2) is 18.5 Å². The van der Waals surface area contributed by atoms with Crippen molar-refractivity contribution in [2.75, 3.05) is 6.61 Å². The zero-order chi connectivity index (χ0) is 21.5. The number of nitrogens with one attached hydrogen (secondary N) is 2. The molecule has 1 saturated heterocycles. The summed E-state index contributed by atoms with van der Waals surface area (Å²) in [5, 5.41) is 26.4. The van der Waals surface area contributed by atoms with Crippen LogP contribution in [-0.2, 0) is 16.1 Å². The lowest BCUT2D eigenvalue weighted by Crippen LogP contribution is -2.58. The SMILES string of the molecule is Cc1c(C)[n+]([O-])c([C@H](c2ccc(Br)cc2F)C2C(=O)NC(=O)NC2=O)n1CCO. The van der Waals surface area contributed by atoms with Gasteiger partial charge < -0.3 is 10.3 Å². The van der Waals surface area contributed by atoms with Crippen LogP contribution in [-0.4, -0.2) is 34.1 Å². The first-order chi connectivity index (χ1) is 13.7. The Morgan fingerprint density at radius 1 is 1.28 bits per heavy atom. The van der Waals surface area contributed by atoms with Gasteiger partial charge in [-0.05, 0) is 12.1 Å². The third-order valence-electron chi connectivity index (χ3n) is 4.99. The van der Waals surface area contributed by atoms with E-state index in [1.807, 2.05) is 10.6 Å². The monoisotopic (exact) mass is 468 g/mol. The lowest BCUT2D eigenvalue weighted by atomic mass is 9.82. The van der Waals surface area contributed by atoms with E-state index in [-0.39, 0.29) is 30.2 Å². The summed E-state index contributed by atoms with van der Waals surface area (Å²) in [6.07, 6.45) is 0. The molecule has 0 radical (unpaired) electrons. The van der Waals surface area contributed by atoms with E-state index in [1.165, 1.54) is 16.7 Å². The lowest BCUT2D eigenvalue weighted by molar-refractivity contribution is -0.621. The zero-order valence-corrected chi connectivity index (χ0v) is 17.1. The minimum absolute atomic E-state index is 0.000776. The van der Waals surface area contributed by atoms with Gasteiger partial charge in [0.05, 0.1) is 6.61 Å². The topological polar surface area (TPSA) is 127 Å². The summed E-state index contributed by atoms with van der Waals surface area (Å²) in [7, 11) is 0. The van der Waals surface area contributed by atoms with Gasteiger partial charge in [-0.2, -0.15) is 0 Å². The summed E-state index contributed by atoms with van der Waals surface area (Å²) in [4.78, 5) is 36.6. The van der Waals surface area contributed by atoms with E-state index in [4.69, 9.17) is 0 Å². The smallest absolute Gasteiger partial charge is 0.328 e. The summed E-state index contributed by atoms with van der Waals surface area (Å²) in [6.45, 7) is 2.86. The van der Waals surface area contributed by atoms with Crippen LogP contribution in [0.2, 0.25) is 0 Å². The Balaban J connectivity index is 2.30. The van der Waals surface area contributed by atoms with E-state index in [0.717, 1.165) is 6.07 Å². The minimum atomic E-state index is -1.57. The third kappa shape index (κ3) is 3.62. The summed E-state index contributed by atoms with van der Waals surface area (Å²) in [5.74, 6) is -5.63. The Labute approximate surface area is 173 Å². The van der Waals surface area contributed by atoms with Gasteiger partial charge >= 0.3 is 6.03 Å². The fourth-order valence-electron chi connectivity index (χ4n) is 3.53. The van der Waals surface area contributed by atoms with E-state index in [1.54, 1.807) is 13.8 Å². The molecule has 1 aromatic heterocycles. The molecule has 1 aromatic carbocycles. The predicted octanol–water partition coefficient (Wildman–Crippen LogP) is 0.746. The molecule has 0 bridgehead atoms. The number of aliphatic hydroxyl groups is 1. The molecule has 154 valence electrons. The first-order valence-corrected chi connectivity index (χ1v) is 9.47. The van der Waals surface area contributed by atoms with Crippen LogP contribution < -0.4 is 15.4 Å². The number of urea groups is 1. The van der Waals surface area contributed by atoms with E-state index in [9.17, 15) is 29.1 Å². The Morgan fingerprint density at radius 3 is 2.45 bits per heavy atom. The fraction of sp³-hybridized carbons (Fsp3) is 0.333. The zero-order valence-electron chi connectivity index (χ0n) is 15.5. The second-order valence-electron chi connectivity index (χ2n) is 6.63. The number of carbonyl (C=O) groups is 3. The molecule has 11 heteroatoms. The molecule has 3 N–H and O–H groups in total. The lowest BCUT2D eigenvalue weighted by Gasteiger charge is -2.28. The standard InChI is InChI=1S/C18H18BrFN4O5/c1-8-9(2)24(29)17(23(8)5-6-25)13(11-4-3-10(19)7-12(11)20)14-15(26)21-18(28)22-16(14)27/h3-4,7,13-14,25H,5-6H2,1-2H3,(H2,21,22,26,27,28)/t13-/m1/s1. The van der Waals surface area contributed by atoms with Crippen LogP contribution in [0.15, 0.2) is 22.7 Å². The van der Waals surface area contributed by atoms with Gasteiger partial charge in [0.1, 0.15) is 35.6 Å². The Hall–Kier alpha value is -2.79. The van der Waals surface area contributed by atoms with Crippen molar-refractivity contribution in [3.05, 3.63) is 56.5 Å². The first-order valence-electron chi connectivity index (χ1n) is 8.68. The van der Waals surface area contributed by atoms with Crippen molar-refractivity contribution in [2.24, 2.45) is 5.92 Å². The predicted molar refractivity (Wildman–Crippen MR) is 101 cm³/mol. The van der Waals surface area contributed by atoms with Gasteiger partial charge in [0.15, 0.2) is 0 Å². The number of rotatable bonds is 5. The number of carbonyl (C=O) groups excluding carboxylic acids is 3. The van der Waals surface area contributed by atoms with Gasteiger partial charge in [0, 0.05) is 23.9 Å². The van der Waals surface area contributed by atoms with Crippen LogP contribution in [0.4, 0.5) is 9.18 Å². The molecule has 1 aliphatic rings. The van der Waals surface area contributed by atoms with Gasteiger partial charge in [0.2, 0.25) is 11.8 Å². The highest BCUT2D eigenvalue weighted by Crippen LogP contribution is 2.35. The van der Waals surface area contributed by atoms with Crippen LogP contribution >= 0.6 is 15.9 Å². The molecule has 0 spiro atoms. The number of amides is 4. The highest BCUT2D eigenvalue weighted by atomic mass is 79.9. The van der Waals surface area contributed by atoms with Crippen LogP contribution in [0, 0.1) is 30.8 Å². The average molecular weight is 469 g/mol. The average Bonchev–Trinajstić information content (AvgIpc) is 2.83. The van der Waals surface area contributed by atoms with Gasteiger partial charge in [-0.15, -0.1) is 0 Å². The molecule has 1 atom stereocenters. The molecule has 9 nitrogen and oxygen atoms in total. The van der Waals surface area contributed by atoms with Crippen LogP contribution in [0.3, 0.4) is 0 Å². The molecule has 0 saturated carbocycles. The molecule has 0 aliphatic carbocycles. The quantitative estimate of drug-likeness (QED) is 0.338. The van der Waals surface area contributed by atoms with Crippen molar-refractivity contribution in [2.45, 2.75) is 26.3 Å². The van der Waals surface area contributed by atoms with E-state index < -0.39 is 35.5 Å². The first kappa shape index (κ1) is 20.9. The Kier molecular flexibility index (Phi) is 5.71. The number of hydrogen-bond donors (Lipinski definition) is 3. The summed E-state index contributed by atoms with van der Waals surface area (Å²) < 4.78 is 17.3. The van der Waals surface area contributed by atoms with Gasteiger partial charge in [-0.1, -0.05) is 22.0 Å². The number of benzene rings is 1. The molecule has 3 rings (SSSR count). The minimum Gasteiger partial charge on any atom is -0.711 e. The molecular weight excluding hydrogens is 451 g/mol. The van der Waals surface area contributed by atoms with E-state index in [2.05, 4.69) is 15.9 Å². The highest BCUT2D eigenvalue weighted by molar-refractivity contribution is 9.10. The maximum atomic E-state index is 14.9. The highest BCUT2D eigenvalue weighted by Gasteiger charge is 2.48. The third-order valence-corrected chi connectivity index (χ3v) is 5.48. The van der Waals surface area contributed by atoms with Crippen molar-refractivity contribution in [1.82, 2.24) is 15.2 Å². The molecule has 2 heterocycles. The maximum absolute atomic E-state index is 14.9. The van der Waals surface area contributed by atoms with Crippen LogP contribution in [0.5, 0.6) is 0 Å². The normalized spacial score (nSPS) is 16.0. The largest absolute Gasteiger partial charge is 0.711 e. The molecule has 4 amide bonds. The van der Waals surface area contributed by atoms with Crippen LogP contribution in [0.1, 0.15) is 28.7 Å². The number of imidazole rings is 1. The Morgan fingerprint density at radius 2 is 1.90 bits per heavy atom. The van der Waals surface area contributed by atoms with Gasteiger partial charge in [0.25, 0.3) is 5.82 Å². The van der Waals surface area contributed by atoms with Crippen molar-refractivity contribution in [3.8, 4) is 0 Å². The van der Waals surface area contributed by atoms with Crippen molar-refractivity contribution >= 4 is 33.8 Å². The van der Waals surface area contributed by atoms with Crippen molar-refractivity contribution in [3.63, 3.8) is 0 Å². The number of halogens is 2. The second kappa shape index (κ2) is 7.91. The van der Waals surface area contributed by atoms with E-state index >= 15 is 0 Å².